The average Bonchev–Trinajstić information content (AvgIpc) is 2.39. The van der Waals surface area contributed by atoms with Crippen molar-refractivity contribution in [1.29, 1.82) is 0 Å². The molecular weight excluding hydrogens is 302 g/mol. The SMILES string of the molecule is Cc1ccc(C(CN)N2CCN(C)C(C)C2)cc1Br. The second kappa shape index (κ2) is 6.35. The number of rotatable bonds is 3. The molecule has 1 saturated heterocycles. The summed E-state index contributed by atoms with van der Waals surface area (Å²) in [7, 11) is 2.20. The van der Waals surface area contributed by atoms with Gasteiger partial charge in [-0.25, -0.2) is 0 Å². The Balaban J connectivity index is 2.17. The Bertz CT molecular complexity index is 435. The Morgan fingerprint density at radius 1 is 1.42 bits per heavy atom. The molecule has 106 valence electrons. The van der Waals surface area contributed by atoms with Crippen LogP contribution in [0.3, 0.4) is 0 Å². The van der Waals surface area contributed by atoms with Gasteiger partial charge in [0.25, 0.3) is 0 Å². The van der Waals surface area contributed by atoms with Crippen LogP contribution >= 0.6 is 15.9 Å². The Morgan fingerprint density at radius 3 is 2.74 bits per heavy atom. The molecule has 0 amide bonds. The van der Waals surface area contributed by atoms with E-state index in [9.17, 15) is 0 Å². The third-order valence-electron chi connectivity index (χ3n) is 4.24. The summed E-state index contributed by atoms with van der Waals surface area (Å²) in [6.07, 6.45) is 0. The van der Waals surface area contributed by atoms with Crippen molar-refractivity contribution >= 4 is 15.9 Å². The summed E-state index contributed by atoms with van der Waals surface area (Å²) in [5.74, 6) is 0. The van der Waals surface area contributed by atoms with Gasteiger partial charge in [0, 0.05) is 42.7 Å². The highest BCUT2D eigenvalue weighted by Crippen LogP contribution is 2.26. The van der Waals surface area contributed by atoms with Crippen molar-refractivity contribution in [1.82, 2.24) is 9.80 Å². The second-order valence-corrected chi connectivity index (χ2v) is 6.44. The van der Waals surface area contributed by atoms with Crippen LogP contribution < -0.4 is 5.73 Å². The van der Waals surface area contributed by atoms with Crippen molar-refractivity contribution in [2.24, 2.45) is 5.73 Å². The van der Waals surface area contributed by atoms with Crippen LogP contribution in [0, 0.1) is 6.92 Å². The predicted molar refractivity (Wildman–Crippen MR) is 84.3 cm³/mol. The number of nitrogens with two attached hydrogens (primary N) is 1. The zero-order chi connectivity index (χ0) is 14.0. The molecule has 1 heterocycles. The van der Waals surface area contributed by atoms with Gasteiger partial charge in [0.2, 0.25) is 0 Å². The number of aryl methyl sites for hydroxylation is 1. The Labute approximate surface area is 124 Å². The lowest BCUT2D eigenvalue weighted by Gasteiger charge is -2.41. The van der Waals surface area contributed by atoms with E-state index in [0.29, 0.717) is 18.6 Å². The van der Waals surface area contributed by atoms with Gasteiger partial charge in [0.05, 0.1) is 0 Å². The zero-order valence-electron chi connectivity index (χ0n) is 12.1. The van der Waals surface area contributed by atoms with Crippen molar-refractivity contribution in [3.8, 4) is 0 Å². The van der Waals surface area contributed by atoms with Gasteiger partial charge in [0.1, 0.15) is 0 Å². The smallest absolute Gasteiger partial charge is 0.0472 e. The predicted octanol–water partition coefficient (Wildman–Crippen LogP) is 2.39. The van der Waals surface area contributed by atoms with Gasteiger partial charge in [-0.05, 0) is 38.1 Å². The molecule has 2 unspecified atom stereocenters. The monoisotopic (exact) mass is 325 g/mol. The molecule has 2 N–H and O–H groups in total. The molecule has 1 aromatic carbocycles. The molecule has 1 aliphatic rings. The Morgan fingerprint density at radius 2 is 2.16 bits per heavy atom. The first kappa shape index (κ1) is 15.0. The molecule has 0 aliphatic carbocycles. The molecule has 0 spiro atoms. The van der Waals surface area contributed by atoms with Crippen molar-refractivity contribution in [2.45, 2.75) is 25.9 Å². The number of nitrogens with zero attached hydrogens (tertiary/aromatic N) is 2. The van der Waals surface area contributed by atoms with E-state index in [4.69, 9.17) is 5.73 Å². The van der Waals surface area contributed by atoms with Gasteiger partial charge in [-0.1, -0.05) is 28.1 Å². The lowest BCUT2D eigenvalue weighted by atomic mass is 10.0. The van der Waals surface area contributed by atoms with E-state index >= 15 is 0 Å². The molecule has 0 bridgehead atoms. The third-order valence-corrected chi connectivity index (χ3v) is 5.09. The van der Waals surface area contributed by atoms with E-state index < -0.39 is 0 Å². The van der Waals surface area contributed by atoms with Gasteiger partial charge in [-0.3, -0.25) is 4.90 Å². The minimum Gasteiger partial charge on any atom is -0.329 e. The van der Waals surface area contributed by atoms with Gasteiger partial charge >= 0.3 is 0 Å². The molecule has 1 aromatic rings. The first-order chi connectivity index (χ1) is 9.02. The number of halogens is 1. The summed E-state index contributed by atoms with van der Waals surface area (Å²) in [4.78, 5) is 4.93. The molecule has 4 heteroatoms. The topological polar surface area (TPSA) is 32.5 Å². The van der Waals surface area contributed by atoms with Crippen LogP contribution in [0.15, 0.2) is 22.7 Å². The van der Waals surface area contributed by atoms with E-state index in [2.05, 4.69) is 64.8 Å². The first-order valence-electron chi connectivity index (χ1n) is 6.93. The lowest BCUT2D eigenvalue weighted by Crippen LogP contribution is -2.52. The summed E-state index contributed by atoms with van der Waals surface area (Å²) in [6.45, 7) is 8.36. The molecule has 0 radical (unpaired) electrons. The fourth-order valence-electron chi connectivity index (χ4n) is 2.67. The van der Waals surface area contributed by atoms with Crippen LogP contribution in [-0.4, -0.2) is 49.1 Å². The minimum absolute atomic E-state index is 0.327. The number of likely N-dealkylation sites (N-methyl/N-ethyl adjacent to an activating group) is 1. The molecule has 2 atom stereocenters. The van der Waals surface area contributed by atoms with Crippen LogP contribution in [0.2, 0.25) is 0 Å². The number of hydrogen-bond acceptors (Lipinski definition) is 3. The lowest BCUT2D eigenvalue weighted by molar-refractivity contribution is 0.0741. The van der Waals surface area contributed by atoms with Crippen LogP contribution in [0.1, 0.15) is 24.1 Å². The van der Waals surface area contributed by atoms with Gasteiger partial charge < -0.3 is 10.6 Å². The van der Waals surface area contributed by atoms with E-state index in [-0.39, 0.29) is 0 Å². The normalized spacial score (nSPS) is 23.5. The van der Waals surface area contributed by atoms with Crippen LogP contribution in [-0.2, 0) is 0 Å². The molecule has 1 aliphatic heterocycles. The molecule has 0 saturated carbocycles. The van der Waals surface area contributed by atoms with Crippen LogP contribution in [0.4, 0.5) is 0 Å². The fourth-order valence-corrected chi connectivity index (χ4v) is 3.07. The average molecular weight is 326 g/mol. The maximum atomic E-state index is 6.03. The summed E-state index contributed by atoms with van der Waals surface area (Å²) in [5, 5.41) is 0. The summed E-state index contributed by atoms with van der Waals surface area (Å²) in [6, 6.07) is 7.52. The van der Waals surface area contributed by atoms with Gasteiger partial charge in [-0.2, -0.15) is 0 Å². The molecule has 1 fully saturated rings. The Kier molecular flexibility index (Phi) is 5.01. The largest absolute Gasteiger partial charge is 0.329 e. The van der Waals surface area contributed by atoms with E-state index in [1.54, 1.807) is 0 Å². The first-order valence-corrected chi connectivity index (χ1v) is 7.72. The molecule has 3 nitrogen and oxygen atoms in total. The summed E-state index contributed by atoms with van der Waals surface area (Å²) >= 11 is 3.62. The van der Waals surface area contributed by atoms with Crippen LogP contribution in [0.25, 0.3) is 0 Å². The standard InChI is InChI=1S/C15H24BrN3/c1-11-4-5-13(8-14(11)16)15(9-17)19-7-6-18(3)12(2)10-19/h4-5,8,12,15H,6-7,9-10,17H2,1-3H3. The summed E-state index contributed by atoms with van der Waals surface area (Å²) < 4.78 is 1.17. The highest BCUT2D eigenvalue weighted by atomic mass is 79.9. The molecule has 0 aromatic heterocycles. The van der Waals surface area contributed by atoms with Crippen molar-refractivity contribution in [3.05, 3.63) is 33.8 Å². The molecule has 19 heavy (non-hydrogen) atoms. The highest BCUT2D eigenvalue weighted by Gasteiger charge is 2.26. The van der Waals surface area contributed by atoms with Crippen molar-refractivity contribution in [2.75, 3.05) is 33.2 Å². The van der Waals surface area contributed by atoms with E-state index in [1.807, 2.05) is 0 Å². The minimum atomic E-state index is 0.327. The van der Waals surface area contributed by atoms with Crippen LogP contribution in [0.5, 0.6) is 0 Å². The fraction of sp³-hybridized carbons (Fsp3) is 0.600. The maximum absolute atomic E-state index is 6.03. The van der Waals surface area contributed by atoms with Gasteiger partial charge in [-0.15, -0.1) is 0 Å². The molecular formula is C15H24BrN3. The number of piperazine rings is 1. The third kappa shape index (κ3) is 3.37. The number of hydrogen-bond donors (Lipinski definition) is 1. The maximum Gasteiger partial charge on any atom is 0.0472 e. The van der Waals surface area contributed by atoms with E-state index in [0.717, 1.165) is 19.6 Å². The van der Waals surface area contributed by atoms with Gasteiger partial charge in [0.15, 0.2) is 0 Å². The Hall–Kier alpha value is -0.420. The second-order valence-electron chi connectivity index (χ2n) is 5.58. The van der Waals surface area contributed by atoms with E-state index in [1.165, 1.54) is 15.6 Å². The quantitative estimate of drug-likeness (QED) is 0.926. The highest BCUT2D eigenvalue weighted by molar-refractivity contribution is 9.10. The van der Waals surface area contributed by atoms with Crippen molar-refractivity contribution in [3.63, 3.8) is 0 Å². The van der Waals surface area contributed by atoms with Crippen molar-refractivity contribution < 1.29 is 0 Å². The molecule has 2 rings (SSSR count). The zero-order valence-corrected chi connectivity index (χ0v) is 13.7. The summed E-state index contributed by atoms with van der Waals surface area (Å²) in [5.41, 5.74) is 8.62. The number of benzene rings is 1.